The number of aryl methyl sites for hydroxylation is 1. The fourth-order valence-electron chi connectivity index (χ4n) is 1.75. The van der Waals surface area contributed by atoms with Crippen molar-refractivity contribution in [2.24, 2.45) is 0 Å². The van der Waals surface area contributed by atoms with Crippen molar-refractivity contribution < 1.29 is 15.0 Å². The molecule has 0 aliphatic heterocycles. The molecule has 0 spiro atoms. The van der Waals surface area contributed by atoms with E-state index in [1.54, 1.807) is 12.1 Å². The molecule has 0 saturated carbocycles. The monoisotopic (exact) mass is 222 g/mol. The van der Waals surface area contributed by atoms with Crippen LogP contribution in [0.25, 0.3) is 0 Å². The maximum atomic E-state index is 10.8. The number of hydrogen-bond acceptors (Lipinski definition) is 2. The molecule has 16 heavy (non-hydrogen) atoms. The first kappa shape index (κ1) is 12.6. The summed E-state index contributed by atoms with van der Waals surface area (Å²) in [6, 6.07) is 5.31. The van der Waals surface area contributed by atoms with Crippen LogP contribution in [-0.2, 0) is 16.6 Å². The highest BCUT2D eigenvalue weighted by atomic mass is 16.4. The van der Waals surface area contributed by atoms with Gasteiger partial charge in [0.05, 0.1) is 6.42 Å². The van der Waals surface area contributed by atoms with Crippen molar-refractivity contribution in [2.75, 3.05) is 0 Å². The third kappa shape index (κ3) is 2.99. The van der Waals surface area contributed by atoms with Gasteiger partial charge in [-0.15, -0.1) is 0 Å². The molecule has 88 valence electrons. The Labute approximate surface area is 95.7 Å². The van der Waals surface area contributed by atoms with Crippen LogP contribution in [0.1, 0.15) is 38.3 Å². The zero-order chi connectivity index (χ0) is 12.3. The number of aliphatic carboxylic acids is 1. The lowest BCUT2D eigenvalue weighted by molar-refractivity contribution is -0.138. The second-order valence-corrected chi connectivity index (χ2v) is 4.70. The number of carboxylic acids is 1. The quantitative estimate of drug-likeness (QED) is 0.823. The van der Waals surface area contributed by atoms with Gasteiger partial charge in [0.25, 0.3) is 0 Å². The Balaban J connectivity index is 3.11. The van der Waals surface area contributed by atoms with E-state index < -0.39 is 11.4 Å². The summed E-state index contributed by atoms with van der Waals surface area (Å²) in [6.45, 7) is 5.74. The molecule has 1 aromatic carbocycles. The van der Waals surface area contributed by atoms with E-state index in [9.17, 15) is 9.90 Å². The van der Waals surface area contributed by atoms with Crippen LogP contribution in [-0.4, -0.2) is 16.2 Å². The van der Waals surface area contributed by atoms with Gasteiger partial charge in [0.15, 0.2) is 0 Å². The van der Waals surface area contributed by atoms with Gasteiger partial charge in [-0.1, -0.05) is 26.8 Å². The zero-order valence-corrected chi connectivity index (χ0v) is 9.95. The van der Waals surface area contributed by atoms with Crippen molar-refractivity contribution in [3.05, 3.63) is 29.3 Å². The molecular formula is C13H18O3. The molecule has 3 heteroatoms. The third-order valence-electron chi connectivity index (χ3n) is 2.76. The summed E-state index contributed by atoms with van der Waals surface area (Å²) < 4.78 is 0. The predicted molar refractivity (Wildman–Crippen MR) is 62.8 cm³/mol. The molecule has 0 radical (unpaired) electrons. The molecule has 1 rings (SSSR count). The molecule has 0 unspecified atom stereocenters. The highest BCUT2D eigenvalue weighted by Gasteiger charge is 2.24. The minimum atomic E-state index is -0.827. The van der Waals surface area contributed by atoms with E-state index in [4.69, 9.17) is 5.11 Å². The Morgan fingerprint density at radius 3 is 2.44 bits per heavy atom. The van der Waals surface area contributed by atoms with E-state index in [1.165, 1.54) is 0 Å². The molecular weight excluding hydrogens is 204 g/mol. The van der Waals surface area contributed by atoms with E-state index in [2.05, 4.69) is 0 Å². The zero-order valence-electron chi connectivity index (χ0n) is 9.95. The topological polar surface area (TPSA) is 57.5 Å². The van der Waals surface area contributed by atoms with Gasteiger partial charge in [-0.2, -0.15) is 0 Å². The number of phenols is 1. The molecule has 0 heterocycles. The summed E-state index contributed by atoms with van der Waals surface area (Å²) in [5, 5.41) is 18.4. The molecule has 0 saturated heterocycles. The summed E-state index contributed by atoms with van der Waals surface area (Å²) in [5.41, 5.74) is 1.43. The van der Waals surface area contributed by atoms with Crippen molar-refractivity contribution in [2.45, 2.75) is 39.0 Å². The van der Waals surface area contributed by atoms with Crippen LogP contribution in [0.15, 0.2) is 18.2 Å². The Morgan fingerprint density at radius 2 is 1.94 bits per heavy atom. The standard InChI is InChI=1S/C13H18O3/c1-4-9-5-10(7-11(14)6-9)13(2,3)8-12(15)16/h5-7,14H,4,8H2,1-3H3,(H,15,16). The van der Waals surface area contributed by atoms with Crippen molar-refractivity contribution in [1.29, 1.82) is 0 Å². The Kier molecular flexibility index (Phi) is 3.58. The minimum absolute atomic E-state index is 0.0552. The first-order valence-electron chi connectivity index (χ1n) is 5.40. The number of aromatic hydroxyl groups is 1. The molecule has 1 aromatic rings. The Hall–Kier alpha value is -1.51. The van der Waals surface area contributed by atoms with Gasteiger partial charge in [-0.3, -0.25) is 4.79 Å². The maximum absolute atomic E-state index is 10.8. The SMILES string of the molecule is CCc1cc(O)cc(C(C)(C)CC(=O)O)c1. The number of benzene rings is 1. The van der Waals surface area contributed by atoms with Crippen LogP contribution in [0.4, 0.5) is 0 Å². The fraction of sp³-hybridized carbons (Fsp3) is 0.462. The van der Waals surface area contributed by atoms with Gasteiger partial charge in [0, 0.05) is 5.41 Å². The summed E-state index contributed by atoms with van der Waals surface area (Å²) in [4.78, 5) is 10.8. The maximum Gasteiger partial charge on any atom is 0.304 e. The molecule has 0 aromatic heterocycles. The third-order valence-corrected chi connectivity index (χ3v) is 2.76. The highest BCUT2D eigenvalue weighted by molar-refractivity contribution is 5.69. The van der Waals surface area contributed by atoms with Gasteiger partial charge >= 0.3 is 5.97 Å². The van der Waals surface area contributed by atoms with E-state index in [1.807, 2.05) is 26.8 Å². The van der Waals surface area contributed by atoms with Crippen molar-refractivity contribution in [3.63, 3.8) is 0 Å². The summed E-state index contributed by atoms with van der Waals surface area (Å²) in [7, 11) is 0. The van der Waals surface area contributed by atoms with Crippen LogP contribution in [0, 0.1) is 0 Å². The summed E-state index contributed by atoms with van der Waals surface area (Å²) in [6.07, 6.45) is 0.879. The van der Waals surface area contributed by atoms with Crippen LogP contribution < -0.4 is 0 Å². The van der Waals surface area contributed by atoms with Crippen molar-refractivity contribution >= 4 is 5.97 Å². The van der Waals surface area contributed by atoms with E-state index >= 15 is 0 Å². The van der Waals surface area contributed by atoms with Gasteiger partial charge in [-0.25, -0.2) is 0 Å². The lowest BCUT2D eigenvalue weighted by Crippen LogP contribution is -2.21. The van der Waals surface area contributed by atoms with E-state index in [-0.39, 0.29) is 12.2 Å². The molecule has 0 bridgehead atoms. The molecule has 3 nitrogen and oxygen atoms in total. The molecule has 0 aliphatic rings. The van der Waals surface area contributed by atoms with Crippen LogP contribution in [0.2, 0.25) is 0 Å². The number of hydrogen-bond donors (Lipinski definition) is 2. The molecule has 0 aliphatic carbocycles. The smallest absolute Gasteiger partial charge is 0.304 e. The number of carboxylic acid groups (broad SMARTS) is 1. The second kappa shape index (κ2) is 4.56. The largest absolute Gasteiger partial charge is 0.508 e. The van der Waals surface area contributed by atoms with Gasteiger partial charge in [0.1, 0.15) is 5.75 Å². The summed E-state index contributed by atoms with van der Waals surface area (Å²) >= 11 is 0. The predicted octanol–water partition coefficient (Wildman–Crippen LogP) is 2.71. The Morgan fingerprint density at radius 1 is 1.31 bits per heavy atom. The lowest BCUT2D eigenvalue weighted by Gasteiger charge is -2.24. The van der Waals surface area contributed by atoms with Gasteiger partial charge < -0.3 is 10.2 Å². The highest BCUT2D eigenvalue weighted by Crippen LogP contribution is 2.30. The number of carbonyl (C=O) groups is 1. The van der Waals surface area contributed by atoms with Gasteiger partial charge in [-0.05, 0) is 29.7 Å². The average Bonchev–Trinajstić information content (AvgIpc) is 2.14. The fourth-order valence-corrected chi connectivity index (χ4v) is 1.75. The molecule has 0 amide bonds. The van der Waals surface area contributed by atoms with Gasteiger partial charge in [0.2, 0.25) is 0 Å². The number of phenolic OH excluding ortho intramolecular Hbond substituents is 1. The van der Waals surface area contributed by atoms with E-state index in [0.717, 1.165) is 17.5 Å². The lowest BCUT2D eigenvalue weighted by atomic mass is 9.80. The molecule has 0 atom stereocenters. The van der Waals surface area contributed by atoms with Crippen LogP contribution in [0.5, 0.6) is 5.75 Å². The van der Waals surface area contributed by atoms with Crippen LogP contribution >= 0.6 is 0 Å². The normalized spacial score (nSPS) is 11.4. The van der Waals surface area contributed by atoms with Crippen molar-refractivity contribution in [1.82, 2.24) is 0 Å². The molecule has 0 fully saturated rings. The second-order valence-electron chi connectivity index (χ2n) is 4.70. The first-order chi connectivity index (χ1) is 7.35. The Bertz CT molecular complexity index is 394. The summed E-state index contributed by atoms with van der Waals surface area (Å²) in [5.74, 6) is -0.626. The van der Waals surface area contributed by atoms with Crippen LogP contribution in [0.3, 0.4) is 0 Å². The molecule has 2 N–H and O–H groups in total. The van der Waals surface area contributed by atoms with E-state index in [0.29, 0.717) is 0 Å². The first-order valence-corrected chi connectivity index (χ1v) is 5.40. The average molecular weight is 222 g/mol. The number of rotatable bonds is 4. The minimum Gasteiger partial charge on any atom is -0.508 e. The van der Waals surface area contributed by atoms with Crippen molar-refractivity contribution in [3.8, 4) is 5.75 Å².